The van der Waals surface area contributed by atoms with Gasteiger partial charge in [-0.15, -0.1) is 0 Å². The molecule has 1 aromatic carbocycles. The van der Waals surface area contributed by atoms with Gasteiger partial charge in [0.25, 0.3) is 0 Å². The lowest BCUT2D eigenvalue weighted by Gasteiger charge is -2.14. The number of benzene rings is 1. The quantitative estimate of drug-likeness (QED) is 0.775. The Hall–Kier alpha value is -1.56. The third kappa shape index (κ3) is 9.07. The zero-order chi connectivity index (χ0) is 15.7. The van der Waals surface area contributed by atoms with Crippen LogP contribution in [0.25, 0.3) is 0 Å². The van der Waals surface area contributed by atoms with Crippen LogP contribution in [0.4, 0.5) is 13.2 Å². The molecule has 21 heavy (non-hydrogen) atoms. The summed E-state index contributed by atoms with van der Waals surface area (Å²) in [6.07, 6.45) is -4.42. The van der Waals surface area contributed by atoms with E-state index >= 15 is 0 Å². The second-order valence-electron chi connectivity index (χ2n) is 5.05. The molecule has 1 amide bonds. The normalized spacial score (nSPS) is 13.0. The molecule has 1 atom stereocenters. The molecule has 1 aromatic rings. The summed E-state index contributed by atoms with van der Waals surface area (Å²) in [7, 11) is 0. The minimum atomic E-state index is -4.10. The summed E-state index contributed by atoms with van der Waals surface area (Å²) < 4.78 is 36.0. The Bertz CT molecular complexity index is 421. The lowest BCUT2D eigenvalue weighted by Crippen LogP contribution is -2.37. The highest BCUT2D eigenvalue weighted by molar-refractivity contribution is 5.77. The van der Waals surface area contributed by atoms with Crippen LogP contribution in [0.5, 0.6) is 0 Å². The van der Waals surface area contributed by atoms with Crippen molar-refractivity contribution < 1.29 is 18.0 Å². The van der Waals surface area contributed by atoms with Gasteiger partial charge in [0.1, 0.15) is 0 Å². The average Bonchev–Trinajstić information content (AvgIpc) is 2.42. The Morgan fingerprint density at radius 3 is 2.52 bits per heavy atom. The maximum Gasteiger partial charge on any atom is 0.389 e. The minimum absolute atomic E-state index is 0.0727. The van der Waals surface area contributed by atoms with Gasteiger partial charge in [0.2, 0.25) is 5.91 Å². The zero-order valence-corrected chi connectivity index (χ0v) is 12.0. The predicted octanol–water partition coefficient (Wildman–Crippen LogP) is 3.01. The van der Waals surface area contributed by atoms with Crippen LogP contribution in [0.1, 0.15) is 31.7 Å². The molecule has 2 N–H and O–H groups in total. The molecular weight excluding hydrogens is 281 g/mol. The van der Waals surface area contributed by atoms with Crippen molar-refractivity contribution in [3.05, 3.63) is 35.9 Å². The molecule has 0 fully saturated rings. The standard InChI is InChI=1S/C15H21F3N2O/c1-12(6-5-9-15(16,17)18)19-11-14(21)20-10-13-7-3-2-4-8-13/h2-4,7-8,12,19H,5-6,9-11H2,1H3,(H,20,21). The van der Waals surface area contributed by atoms with Crippen molar-refractivity contribution in [2.45, 2.75) is 44.9 Å². The largest absolute Gasteiger partial charge is 0.389 e. The van der Waals surface area contributed by atoms with Crippen molar-refractivity contribution in [1.82, 2.24) is 10.6 Å². The molecule has 0 heterocycles. The summed E-state index contributed by atoms with van der Waals surface area (Å²) in [4.78, 5) is 11.6. The van der Waals surface area contributed by atoms with Crippen molar-refractivity contribution in [1.29, 1.82) is 0 Å². The molecule has 0 aliphatic heterocycles. The summed E-state index contributed by atoms with van der Waals surface area (Å²) in [5.41, 5.74) is 1.00. The number of halogens is 3. The van der Waals surface area contributed by atoms with Gasteiger partial charge >= 0.3 is 6.18 Å². The van der Waals surface area contributed by atoms with E-state index in [9.17, 15) is 18.0 Å². The predicted molar refractivity (Wildman–Crippen MR) is 75.7 cm³/mol. The van der Waals surface area contributed by atoms with Gasteiger partial charge in [0, 0.05) is 19.0 Å². The van der Waals surface area contributed by atoms with Crippen LogP contribution in [0, 0.1) is 0 Å². The van der Waals surface area contributed by atoms with Crippen LogP contribution in [0.2, 0.25) is 0 Å². The van der Waals surface area contributed by atoms with E-state index in [0.29, 0.717) is 13.0 Å². The van der Waals surface area contributed by atoms with Crippen LogP contribution in [0.3, 0.4) is 0 Å². The number of hydrogen-bond donors (Lipinski definition) is 2. The van der Waals surface area contributed by atoms with Crippen LogP contribution in [0.15, 0.2) is 30.3 Å². The molecule has 0 saturated carbocycles. The van der Waals surface area contributed by atoms with Gasteiger partial charge in [-0.3, -0.25) is 4.79 Å². The van der Waals surface area contributed by atoms with E-state index in [4.69, 9.17) is 0 Å². The Morgan fingerprint density at radius 1 is 1.24 bits per heavy atom. The molecule has 1 rings (SSSR count). The first-order valence-corrected chi connectivity index (χ1v) is 6.97. The molecule has 0 aliphatic rings. The third-order valence-corrected chi connectivity index (χ3v) is 3.04. The Kier molecular flexibility index (Phi) is 7.22. The minimum Gasteiger partial charge on any atom is -0.351 e. The second-order valence-corrected chi connectivity index (χ2v) is 5.05. The van der Waals surface area contributed by atoms with Gasteiger partial charge < -0.3 is 10.6 Å². The molecule has 0 bridgehead atoms. The first kappa shape index (κ1) is 17.5. The monoisotopic (exact) mass is 302 g/mol. The fourth-order valence-electron chi connectivity index (χ4n) is 1.84. The van der Waals surface area contributed by atoms with Gasteiger partial charge in [-0.1, -0.05) is 30.3 Å². The zero-order valence-electron chi connectivity index (χ0n) is 12.0. The first-order valence-electron chi connectivity index (χ1n) is 6.97. The number of nitrogens with one attached hydrogen (secondary N) is 2. The van der Waals surface area contributed by atoms with Crippen LogP contribution < -0.4 is 10.6 Å². The summed E-state index contributed by atoms with van der Waals surface area (Å²) >= 11 is 0. The molecule has 0 saturated heterocycles. The molecule has 0 aromatic heterocycles. The Balaban J connectivity index is 2.12. The molecule has 118 valence electrons. The third-order valence-electron chi connectivity index (χ3n) is 3.04. The van der Waals surface area contributed by atoms with Gasteiger partial charge in [-0.05, 0) is 25.3 Å². The number of carbonyl (C=O) groups is 1. The summed E-state index contributed by atoms with van der Waals surface area (Å²) in [5.74, 6) is -0.165. The number of rotatable bonds is 8. The van der Waals surface area contributed by atoms with Crippen molar-refractivity contribution >= 4 is 5.91 Å². The SMILES string of the molecule is CC(CCCC(F)(F)F)NCC(=O)NCc1ccccc1. The summed E-state index contributed by atoms with van der Waals surface area (Å²) in [6.45, 7) is 2.34. The Morgan fingerprint density at radius 2 is 1.90 bits per heavy atom. The molecule has 0 spiro atoms. The molecule has 0 aliphatic carbocycles. The lowest BCUT2D eigenvalue weighted by atomic mass is 10.1. The first-order chi connectivity index (χ1) is 9.87. The van der Waals surface area contributed by atoms with E-state index in [1.807, 2.05) is 30.3 Å². The van der Waals surface area contributed by atoms with E-state index in [0.717, 1.165) is 5.56 Å². The number of amides is 1. The second kappa shape index (κ2) is 8.67. The summed E-state index contributed by atoms with van der Waals surface area (Å²) in [5, 5.41) is 5.68. The molecule has 1 unspecified atom stereocenters. The van der Waals surface area contributed by atoms with E-state index < -0.39 is 12.6 Å². The molecule has 0 radical (unpaired) electrons. The highest BCUT2D eigenvalue weighted by atomic mass is 19.4. The summed E-state index contributed by atoms with van der Waals surface area (Å²) in [6, 6.07) is 9.39. The van der Waals surface area contributed by atoms with Crippen LogP contribution in [-0.2, 0) is 11.3 Å². The van der Waals surface area contributed by atoms with Crippen LogP contribution in [-0.4, -0.2) is 24.7 Å². The average molecular weight is 302 g/mol. The topological polar surface area (TPSA) is 41.1 Å². The van der Waals surface area contributed by atoms with E-state index in [1.165, 1.54) is 0 Å². The maximum atomic E-state index is 12.0. The smallest absolute Gasteiger partial charge is 0.351 e. The lowest BCUT2D eigenvalue weighted by molar-refractivity contribution is -0.136. The van der Waals surface area contributed by atoms with Gasteiger partial charge in [-0.2, -0.15) is 13.2 Å². The van der Waals surface area contributed by atoms with Crippen molar-refractivity contribution in [3.63, 3.8) is 0 Å². The fraction of sp³-hybridized carbons (Fsp3) is 0.533. The van der Waals surface area contributed by atoms with Crippen molar-refractivity contribution in [3.8, 4) is 0 Å². The van der Waals surface area contributed by atoms with Gasteiger partial charge in [-0.25, -0.2) is 0 Å². The highest BCUT2D eigenvalue weighted by Crippen LogP contribution is 2.22. The maximum absolute atomic E-state index is 12.0. The molecule has 6 heteroatoms. The fourth-order valence-corrected chi connectivity index (χ4v) is 1.84. The highest BCUT2D eigenvalue weighted by Gasteiger charge is 2.26. The van der Waals surface area contributed by atoms with Gasteiger partial charge in [0.05, 0.1) is 6.54 Å². The molecular formula is C15H21F3N2O. The number of carbonyl (C=O) groups excluding carboxylic acids is 1. The van der Waals surface area contributed by atoms with Crippen molar-refractivity contribution in [2.75, 3.05) is 6.54 Å². The van der Waals surface area contributed by atoms with Crippen LogP contribution >= 0.6 is 0 Å². The van der Waals surface area contributed by atoms with E-state index in [-0.39, 0.29) is 24.9 Å². The van der Waals surface area contributed by atoms with E-state index in [1.54, 1.807) is 6.92 Å². The number of hydrogen-bond acceptors (Lipinski definition) is 2. The van der Waals surface area contributed by atoms with Crippen molar-refractivity contribution in [2.24, 2.45) is 0 Å². The molecule has 3 nitrogen and oxygen atoms in total. The van der Waals surface area contributed by atoms with Gasteiger partial charge in [0.15, 0.2) is 0 Å². The Labute approximate surface area is 122 Å². The van der Waals surface area contributed by atoms with E-state index in [2.05, 4.69) is 10.6 Å². The number of alkyl halides is 3.